The third-order valence-electron chi connectivity index (χ3n) is 5.01. The van der Waals surface area contributed by atoms with Gasteiger partial charge >= 0.3 is 0 Å². The quantitative estimate of drug-likeness (QED) is 0.864. The summed E-state index contributed by atoms with van der Waals surface area (Å²) < 4.78 is 7.14. The van der Waals surface area contributed by atoms with Crippen LogP contribution in [0.4, 0.5) is 0 Å². The van der Waals surface area contributed by atoms with Crippen LogP contribution >= 0.6 is 0 Å². The minimum absolute atomic E-state index is 0.256. The minimum atomic E-state index is 0.256. The molecule has 1 saturated heterocycles. The standard InChI is InChI=1S/C18H26N4O2/c1-12-14(8-9-15(23)22-10-6-5-7-11-22)13(2)19-17-16(12)18(24-4)20-21(17)3/h5-11H2,1-4H3. The molecule has 130 valence electrons. The molecule has 2 aromatic heterocycles. The van der Waals surface area contributed by atoms with Crippen LogP contribution in [-0.4, -0.2) is 45.8 Å². The fourth-order valence-electron chi connectivity index (χ4n) is 3.64. The number of fused-ring (bicyclic) bond motifs is 1. The smallest absolute Gasteiger partial charge is 0.242 e. The van der Waals surface area contributed by atoms with Gasteiger partial charge in [-0.3, -0.25) is 4.79 Å². The zero-order valence-electron chi connectivity index (χ0n) is 15.1. The highest BCUT2D eigenvalue weighted by Gasteiger charge is 2.20. The molecule has 3 heterocycles. The Balaban J connectivity index is 1.85. The molecule has 6 nitrogen and oxygen atoms in total. The van der Waals surface area contributed by atoms with Gasteiger partial charge in [0.15, 0.2) is 5.65 Å². The summed E-state index contributed by atoms with van der Waals surface area (Å²) in [6.07, 6.45) is 4.75. The van der Waals surface area contributed by atoms with Crippen molar-refractivity contribution in [2.24, 2.45) is 7.05 Å². The minimum Gasteiger partial charge on any atom is -0.479 e. The Kier molecular flexibility index (Phi) is 4.73. The summed E-state index contributed by atoms with van der Waals surface area (Å²) >= 11 is 0. The summed E-state index contributed by atoms with van der Waals surface area (Å²) in [5.41, 5.74) is 4.05. The maximum absolute atomic E-state index is 12.4. The number of pyridine rings is 1. The highest BCUT2D eigenvalue weighted by Crippen LogP contribution is 2.30. The maximum atomic E-state index is 12.4. The van der Waals surface area contributed by atoms with Gasteiger partial charge in [-0.05, 0) is 50.7 Å². The monoisotopic (exact) mass is 330 g/mol. The normalized spacial score (nSPS) is 15.1. The van der Waals surface area contributed by atoms with Crippen molar-refractivity contribution in [1.29, 1.82) is 0 Å². The number of aryl methyl sites for hydroxylation is 3. The van der Waals surface area contributed by atoms with E-state index in [2.05, 4.69) is 12.0 Å². The van der Waals surface area contributed by atoms with Gasteiger partial charge in [0.2, 0.25) is 11.8 Å². The Bertz CT molecular complexity index is 760. The van der Waals surface area contributed by atoms with Crippen LogP contribution in [0.5, 0.6) is 5.88 Å². The topological polar surface area (TPSA) is 60.2 Å². The molecule has 1 aliphatic rings. The molecule has 0 spiro atoms. The summed E-state index contributed by atoms with van der Waals surface area (Å²) in [7, 11) is 3.50. The SMILES string of the molecule is COc1nn(C)c2nc(C)c(CCC(=O)N3CCCCC3)c(C)c12. The fourth-order valence-corrected chi connectivity index (χ4v) is 3.64. The summed E-state index contributed by atoms with van der Waals surface area (Å²) in [5.74, 6) is 0.854. The van der Waals surface area contributed by atoms with E-state index in [0.29, 0.717) is 18.7 Å². The van der Waals surface area contributed by atoms with Crippen molar-refractivity contribution < 1.29 is 9.53 Å². The summed E-state index contributed by atoms with van der Waals surface area (Å²) in [4.78, 5) is 19.1. The predicted molar refractivity (Wildman–Crippen MR) is 93.3 cm³/mol. The van der Waals surface area contributed by atoms with Crippen molar-refractivity contribution in [3.05, 3.63) is 16.8 Å². The number of likely N-dealkylation sites (tertiary alicyclic amines) is 1. The Labute approximate surface area is 142 Å². The highest BCUT2D eigenvalue weighted by molar-refractivity contribution is 5.86. The van der Waals surface area contributed by atoms with Crippen molar-refractivity contribution in [3.63, 3.8) is 0 Å². The van der Waals surface area contributed by atoms with Crippen LogP contribution < -0.4 is 4.74 Å². The first-order valence-corrected chi connectivity index (χ1v) is 8.67. The molecule has 1 amide bonds. The molecule has 3 rings (SSSR count). The molecule has 1 aliphatic heterocycles. The molecule has 0 saturated carbocycles. The lowest BCUT2D eigenvalue weighted by molar-refractivity contribution is -0.132. The lowest BCUT2D eigenvalue weighted by Gasteiger charge is -2.26. The molecule has 0 radical (unpaired) electrons. The highest BCUT2D eigenvalue weighted by atomic mass is 16.5. The van der Waals surface area contributed by atoms with E-state index in [-0.39, 0.29) is 5.91 Å². The Morgan fingerprint density at radius 3 is 2.58 bits per heavy atom. The van der Waals surface area contributed by atoms with Crippen LogP contribution in [0.25, 0.3) is 11.0 Å². The summed E-state index contributed by atoms with van der Waals surface area (Å²) in [6, 6.07) is 0. The molecule has 2 aromatic rings. The van der Waals surface area contributed by atoms with Gasteiger partial charge in [0.05, 0.1) is 12.5 Å². The first kappa shape index (κ1) is 16.7. The average Bonchev–Trinajstić information content (AvgIpc) is 2.91. The summed E-state index contributed by atoms with van der Waals surface area (Å²) in [6.45, 7) is 5.89. The molecular formula is C18H26N4O2. The second-order valence-electron chi connectivity index (χ2n) is 6.57. The van der Waals surface area contributed by atoms with Gasteiger partial charge in [0, 0.05) is 32.3 Å². The number of aromatic nitrogens is 3. The van der Waals surface area contributed by atoms with Crippen molar-refractivity contribution in [2.45, 2.75) is 46.0 Å². The number of amides is 1. The number of carbonyl (C=O) groups is 1. The number of piperidine rings is 1. The zero-order valence-corrected chi connectivity index (χ0v) is 15.1. The first-order chi connectivity index (χ1) is 11.5. The Hall–Kier alpha value is -2.11. The van der Waals surface area contributed by atoms with Crippen LogP contribution in [0.1, 0.15) is 42.5 Å². The van der Waals surface area contributed by atoms with E-state index < -0.39 is 0 Å². The number of ether oxygens (including phenoxy) is 1. The maximum Gasteiger partial charge on any atom is 0.242 e. The predicted octanol–water partition coefficient (Wildman–Crippen LogP) is 2.54. The number of methoxy groups -OCH3 is 1. The van der Waals surface area contributed by atoms with Gasteiger partial charge in [0.1, 0.15) is 0 Å². The fraction of sp³-hybridized carbons (Fsp3) is 0.611. The molecule has 6 heteroatoms. The van der Waals surface area contributed by atoms with Crippen LogP contribution in [0.2, 0.25) is 0 Å². The second kappa shape index (κ2) is 6.79. The molecule has 0 aliphatic carbocycles. The number of hydrogen-bond donors (Lipinski definition) is 0. The van der Waals surface area contributed by atoms with Gasteiger partial charge < -0.3 is 9.64 Å². The molecular weight excluding hydrogens is 304 g/mol. The van der Waals surface area contributed by atoms with Crippen molar-refractivity contribution in [2.75, 3.05) is 20.2 Å². The van der Waals surface area contributed by atoms with E-state index in [0.717, 1.165) is 53.8 Å². The Morgan fingerprint density at radius 2 is 1.92 bits per heavy atom. The van der Waals surface area contributed by atoms with Crippen LogP contribution in [0, 0.1) is 13.8 Å². The van der Waals surface area contributed by atoms with Crippen molar-refractivity contribution >= 4 is 16.9 Å². The van der Waals surface area contributed by atoms with E-state index in [1.54, 1.807) is 11.8 Å². The van der Waals surface area contributed by atoms with E-state index in [4.69, 9.17) is 9.72 Å². The lowest BCUT2D eigenvalue weighted by atomic mass is 9.99. The number of nitrogens with zero attached hydrogens (tertiary/aromatic N) is 4. The molecule has 24 heavy (non-hydrogen) atoms. The first-order valence-electron chi connectivity index (χ1n) is 8.67. The van der Waals surface area contributed by atoms with Crippen LogP contribution in [0.15, 0.2) is 0 Å². The van der Waals surface area contributed by atoms with Gasteiger partial charge in [-0.25, -0.2) is 9.67 Å². The third kappa shape index (κ3) is 2.97. The van der Waals surface area contributed by atoms with Gasteiger partial charge in [-0.1, -0.05) is 0 Å². The number of rotatable bonds is 4. The van der Waals surface area contributed by atoms with E-state index in [1.165, 1.54) is 6.42 Å². The second-order valence-corrected chi connectivity index (χ2v) is 6.57. The molecule has 0 atom stereocenters. The van der Waals surface area contributed by atoms with E-state index >= 15 is 0 Å². The molecule has 0 unspecified atom stereocenters. The average molecular weight is 330 g/mol. The molecule has 1 fully saturated rings. The van der Waals surface area contributed by atoms with Crippen LogP contribution in [0.3, 0.4) is 0 Å². The van der Waals surface area contributed by atoms with E-state index in [1.807, 2.05) is 18.9 Å². The number of carbonyl (C=O) groups excluding carboxylic acids is 1. The van der Waals surface area contributed by atoms with Crippen LogP contribution in [-0.2, 0) is 18.3 Å². The summed E-state index contributed by atoms with van der Waals surface area (Å²) in [5, 5.41) is 5.33. The zero-order chi connectivity index (χ0) is 17.3. The lowest BCUT2D eigenvalue weighted by Crippen LogP contribution is -2.35. The van der Waals surface area contributed by atoms with Crippen molar-refractivity contribution in [1.82, 2.24) is 19.7 Å². The molecule has 0 N–H and O–H groups in total. The van der Waals surface area contributed by atoms with E-state index in [9.17, 15) is 4.79 Å². The van der Waals surface area contributed by atoms with Gasteiger partial charge in [-0.15, -0.1) is 5.10 Å². The van der Waals surface area contributed by atoms with Gasteiger partial charge in [-0.2, -0.15) is 0 Å². The number of hydrogen-bond acceptors (Lipinski definition) is 4. The molecule has 0 bridgehead atoms. The largest absolute Gasteiger partial charge is 0.479 e. The molecule has 0 aromatic carbocycles. The Morgan fingerprint density at radius 1 is 1.21 bits per heavy atom. The third-order valence-corrected chi connectivity index (χ3v) is 5.01. The van der Waals surface area contributed by atoms with Crippen molar-refractivity contribution in [3.8, 4) is 5.88 Å². The van der Waals surface area contributed by atoms with Gasteiger partial charge in [0.25, 0.3) is 0 Å².